The number of carbonyl (C=O) groups is 1. The average Bonchev–Trinajstić information content (AvgIpc) is 2.90. The van der Waals surface area contributed by atoms with Crippen molar-refractivity contribution in [2.45, 2.75) is 37.6 Å². The van der Waals surface area contributed by atoms with Crippen LogP contribution in [0.2, 0.25) is 0 Å². The molecule has 1 saturated carbocycles. The van der Waals surface area contributed by atoms with Gasteiger partial charge in [-0.05, 0) is 32.8 Å². The molecule has 3 nitrogen and oxygen atoms in total. The lowest BCUT2D eigenvalue weighted by Gasteiger charge is -2.29. The third-order valence-corrected chi connectivity index (χ3v) is 4.61. The molecule has 2 N–H and O–H groups in total. The zero-order valence-electron chi connectivity index (χ0n) is 9.87. The van der Waals surface area contributed by atoms with E-state index < -0.39 is 0 Å². The fourth-order valence-electron chi connectivity index (χ4n) is 2.15. The molecule has 88 valence electrons. The van der Waals surface area contributed by atoms with Gasteiger partial charge in [0.05, 0.1) is 12.7 Å². The molecule has 1 heterocycles. The summed E-state index contributed by atoms with van der Waals surface area (Å²) in [4.78, 5) is 12.6. The first-order valence-corrected chi connectivity index (χ1v) is 6.25. The van der Waals surface area contributed by atoms with Gasteiger partial charge in [0, 0.05) is 21.2 Å². The molecule has 1 aromatic rings. The van der Waals surface area contributed by atoms with Gasteiger partial charge in [0.2, 0.25) is 0 Å². The third kappa shape index (κ3) is 1.66. The molecule has 1 aromatic heterocycles. The van der Waals surface area contributed by atoms with Crippen LogP contribution in [0.15, 0.2) is 11.4 Å². The minimum Gasteiger partial charge on any atom is -0.465 e. The van der Waals surface area contributed by atoms with Gasteiger partial charge in [-0.1, -0.05) is 0 Å². The van der Waals surface area contributed by atoms with Crippen LogP contribution < -0.4 is 5.73 Å². The summed E-state index contributed by atoms with van der Waals surface area (Å²) in [5.41, 5.74) is 6.70. The summed E-state index contributed by atoms with van der Waals surface area (Å²) in [6.45, 7) is 4.11. The van der Waals surface area contributed by atoms with E-state index in [1.807, 2.05) is 11.4 Å². The molecule has 0 bridgehead atoms. The van der Waals surface area contributed by atoms with Gasteiger partial charge in [-0.2, -0.15) is 0 Å². The standard InChI is InChI=1S/C12H17NO2S/c1-11(2,13)12(4-5-12)9-6-8(7-16-9)10(14)15-3/h6-7H,4-5,13H2,1-3H3. The van der Waals surface area contributed by atoms with Gasteiger partial charge in [-0.3, -0.25) is 0 Å². The maximum absolute atomic E-state index is 11.4. The zero-order chi connectivity index (χ0) is 12.0. The Bertz CT molecular complexity index is 413. The number of nitrogens with two attached hydrogens (primary N) is 1. The van der Waals surface area contributed by atoms with Gasteiger partial charge in [0.25, 0.3) is 0 Å². The SMILES string of the molecule is COC(=O)c1csc(C2(C(C)(C)N)CC2)c1. The number of rotatable bonds is 3. The topological polar surface area (TPSA) is 52.3 Å². The van der Waals surface area contributed by atoms with Crippen LogP contribution in [0.4, 0.5) is 0 Å². The summed E-state index contributed by atoms with van der Waals surface area (Å²) in [7, 11) is 1.40. The van der Waals surface area contributed by atoms with E-state index in [9.17, 15) is 4.79 Å². The lowest BCUT2D eigenvalue weighted by atomic mass is 9.83. The highest BCUT2D eigenvalue weighted by Gasteiger charge is 2.54. The number of hydrogen-bond donors (Lipinski definition) is 1. The lowest BCUT2D eigenvalue weighted by Crippen LogP contribution is -2.44. The van der Waals surface area contributed by atoms with E-state index >= 15 is 0 Å². The van der Waals surface area contributed by atoms with Crippen molar-refractivity contribution in [3.05, 3.63) is 21.9 Å². The largest absolute Gasteiger partial charge is 0.465 e. The highest BCUT2D eigenvalue weighted by molar-refractivity contribution is 7.10. The average molecular weight is 239 g/mol. The van der Waals surface area contributed by atoms with E-state index in [1.54, 1.807) is 11.3 Å². The molecule has 0 amide bonds. The predicted molar refractivity (Wildman–Crippen MR) is 64.8 cm³/mol. The summed E-state index contributed by atoms with van der Waals surface area (Å²) in [5.74, 6) is -0.270. The van der Waals surface area contributed by atoms with Crippen molar-refractivity contribution in [3.8, 4) is 0 Å². The fraction of sp³-hybridized carbons (Fsp3) is 0.583. The first kappa shape index (κ1) is 11.6. The molecule has 1 aliphatic carbocycles. The Kier molecular flexibility index (Phi) is 2.59. The second kappa shape index (κ2) is 3.57. The molecule has 16 heavy (non-hydrogen) atoms. The van der Waals surface area contributed by atoms with Gasteiger partial charge < -0.3 is 10.5 Å². The molecule has 4 heteroatoms. The normalized spacial score (nSPS) is 18.2. The molecule has 0 saturated heterocycles. The Morgan fingerprint density at radius 1 is 1.56 bits per heavy atom. The van der Waals surface area contributed by atoms with E-state index in [2.05, 4.69) is 13.8 Å². The molecule has 1 fully saturated rings. The van der Waals surface area contributed by atoms with Crippen molar-refractivity contribution < 1.29 is 9.53 Å². The maximum Gasteiger partial charge on any atom is 0.338 e. The van der Waals surface area contributed by atoms with E-state index in [4.69, 9.17) is 10.5 Å². The maximum atomic E-state index is 11.4. The van der Waals surface area contributed by atoms with Crippen LogP contribution in [0.5, 0.6) is 0 Å². The molecule has 0 radical (unpaired) electrons. The zero-order valence-corrected chi connectivity index (χ0v) is 10.7. The number of thiophene rings is 1. The van der Waals surface area contributed by atoms with Crippen LogP contribution >= 0.6 is 11.3 Å². The summed E-state index contributed by atoms with van der Waals surface area (Å²) in [5, 5.41) is 1.85. The van der Waals surface area contributed by atoms with Crippen LogP contribution in [0.3, 0.4) is 0 Å². The molecular formula is C12H17NO2S. The first-order valence-electron chi connectivity index (χ1n) is 5.37. The van der Waals surface area contributed by atoms with Crippen LogP contribution in [0.25, 0.3) is 0 Å². The summed E-state index contributed by atoms with van der Waals surface area (Å²) >= 11 is 1.61. The van der Waals surface area contributed by atoms with Gasteiger partial charge >= 0.3 is 5.97 Å². The Balaban J connectivity index is 2.30. The Morgan fingerprint density at radius 3 is 2.62 bits per heavy atom. The molecule has 1 aliphatic rings. The van der Waals surface area contributed by atoms with Crippen molar-refractivity contribution >= 4 is 17.3 Å². The van der Waals surface area contributed by atoms with Crippen LogP contribution in [0.1, 0.15) is 41.9 Å². The molecular weight excluding hydrogens is 222 g/mol. The van der Waals surface area contributed by atoms with E-state index in [1.165, 1.54) is 12.0 Å². The van der Waals surface area contributed by atoms with Crippen molar-refractivity contribution in [1.29, 1.82) is 0 Å². The van der Waals surface area contributed by atoms with Crippen molar-refractivity contribution in [1.82, 2.24) is 0 Å². The molecule has 0 unspecified atom stereocenters. The molecule has 2 rings (SSSR count). The highest BCUT2D eigenvalue weighted by atomic mass is 32.1. The predicted octanol–water partition coefficient (Wildman–Crippen LogP) is 2.30. The van der Waals surface area contributed by atoms with Gasteiger partial charge in [0.15, 0.2) is 0 Å². The number of methoxy groups -OCH3 is 1. The van der Waals surface area contributed by atoms with Gasteiger partial charge in [0.1, 0.15) is 0 Å². The smallest absolute Gasteiger partial charge is 0.338 e. The molecule has 0 atom stereocenters. The van der Waals surface area contributed by atoms with E-state index in [-0.39, 0.29) is 16.9 Å². The third-order valence-electron chi connectivity index (χ3n) is 3.48. The lowest BCUT2D eigenvalue weighted by molar-refractivity contribution is 0.0601. The van der Waals surface area contributed by atoms with Crippen molar-refractivity contribution in [2.24, 2.45) is 5.73 Å². The summed E-state index contributed by atoms with van der Waals surface area (Å²) in [6, 6.07) is 1.93. The molecule has 0 aliphatic heterocycles. The van der Waals surface area contributed by atoms with Crippen LogP contribution in [-0.4, -0.2) is 18.6 Å². The number of carbonyl (C=O) groups excluding carboxylic acids is 1. The Labute approximate surface area is 99.6 Å². The van der Waals surface area contributed by atoms with E-state index in [0.29, 0.717) is 5.56 Å². The minimum absolute atomic E-state index is 0.0734. The summed E-state index contributed by atoms with van der Waals surface area (Å²) < 4.78 is 4.70. The van der Waals surface area contributed by atoms with Crippen LogP contribution in [-0.2, 0) is 10.2 Å². The minimum atomic E-state index is -0.270. The monoisotopic (exact) mass is 239 g/mol. The second-order valence-electron chi connectivity index (χ2n) is 5.00. The molecule has 0 spiro atoms. The van der Waals surface area contributed by atoms with Gasteiger partial charge in [-0.15, -0.1) is 11.3 Å². The number of ether oxygens (including phenoxy) is 1. The number of hydrogen-bond acceptors (Lipinski definition) is 4. The first-order chi connectivity index (χ1) is 7.40. The fourth-order valence-corrected chi connectivity index (χ4v) is 3.45. The van der Waals surface area contributed by atoms with Crippen LogP contribution in [0, 0.1) is 0 Å². The van der Waals surface area contributed by atoms with E-state index in [0.717, 1.165) is 12.8 Å². The second-order valence-corrected chi connectivity index (χ2v) is 5.91. The van der Waals surface area contributed by atoms with Crippen molar-refractivity contribution in [2.75, 3.05) is 7.11 Å². The van der Waals surface area contributed by atoms with Crippen molar-refractivity contribution in [3.63, 3.8) is 0 Å². The summed E-state index contributed by atoms with van der Waals surface area (Å²) in [6.07, 6.45) is 2.22. The number of esters is 1. The highest BCUT2D eigenvalue weighted by Crippen LogP contribution is 2.56. The Hall–Kier alpha value is -0.870. The quantitative estimate of drug-likeness (QED) is 0.823. The Morgan fingerprint density at radius 2 is 2.19 bits per heavy atom. The van der Waals surface area contributed by atoms with Gasteiger partial charge in [-0.25, -0.2) is 4.79 Å². The molecule has 0 aromatic carbocycles.